The highest BCUT2D eigenvalue weighted by atomic mass is 35.5. The van der Waals surface area contributed by atoms with Crippen molar-refractivity contribution in [2.75, 3.05) is 5.32 Å². The summed E-state index contributed by atoms with van der Waals surface area (Å²) in [6.45, 7) is 2.12. The number of amides is 1. The SMILES string of the molecule is CC[C@H]1[C@@H](C(=O)Nc2cc3cc([C@H]4C[C@H](C#N)C4)c(Cl)cc3cn2)[C@@H]1c1cnn(C)c1. The van der Waals surface area contributed by atoms with Gasteiger partial charge in [0.05, 0.1) is 12.3 Å². The van der Waals surface area contributed by atoms with Crippen LogP contribution in [0.5, 0.6) is 0 Å². The maximum atomic E-state index is 13.0. The van der Waals surface area contributed by atoms with Gasteiger partial charge in [0, 0.05) is 47.6 Å². The van der Waals surface area contributed by atoms with E-state index in [-0.39, 0.29) is 23.7 Å². The van der Waals surface area contributed by atoms with Gasteiger partial charge in [0.15, 0.2) is 0 Å². The molecule has 2 aliphatic carbocycles. The Kier molecular flexibility index (Phi) is 4.94. The van der Waals surface area contributed by atoms with Gasteiger partial charge in [-0.3, -0.25) is 9.48 Å². The maximum Gasteiger partial charge on any atom is 0.229 e. The smallest absolute Gasteiger partial charge is 0.229 e. The van der Waals surface area contributed by atoms with Gasteiger partial charge in [-0.15, -0.1) is 0 Å². The average molecular weight is 434 g/mol. The standard InChI is InChI=1S/C24H24ClN5O/c1-3-18-22(17-11-28-30(2)12-17)23(18)24(31)29-21-8-14-6-19(15-4-13(5-15)9-26)20(25)7-16(14)10-27-21/h6-8,10-13,15,18,22-23H,3-5H2,1-2H3,(H,27,29,31)/t13-,15-,18-,22-,23-/m1/s1. The minimum atomic E-state index is -0.0506. The topological polar surface area (TPSA) is 83.6 Å². The molecule has 6 nitrogen and oxygen atoms in total. The zero-order chi connectivity index (χ0) is 21.7. The summed E-state index contributed by atoms with van der Waals surface area (Å²) < 4.78 is 1.78. The number of hydrogen-bond acceptors (Lipinski definition) is 4. The molecule has 3 aromatic rings. The molecule has 7 heteroatoms. The third-order valence-corrected chi connectivity index (χ3v) is 7.23. The number of aromatic nitrogens is 3. The van der Waals surface area contributed by atoms with E-state index in [0.717, 1.165) is 46.2 Å². The van der Waals surface area contributed by atoms with Gasteiger partial charge in [0.2, 0.25) is 5.91 Å². The van der Waals surface area contributed by atoms with Crippen molar-refractivity contribution in [1.29, 1.82) is 5.26 Å². The number of aryl methyl sites for hydroxylation is 1. The lowest BCUT2D eigenvalue weighted by Crippen LogP contribution is -2.20. The number of nitrogens with zero attached hydrogens (tertiary/aromatic N) is 4. The Bertz CT molecular complexity index is 1210. The monoisotopic (exact) mass is 433 g/mol. The fourth-order valence-corrected chi connectivity index (χ4v) is 5.38. The molecule has 2 aliphatic rings. The van der Waals surface area contributed by atoms with Gasteiger partial charge < -0.3 is 5.32 Å². The summed E-state index contributed by atoms with van der Waals surface area (Å²) in [5.74, 6) is 1.52. The highest BCUT2D eigenvalue weighted by molar-refractivity contribution is 6.32. The number of benzene rings is 1. The van der Waals surface area contributed by atoms with Crippen molar-refractivity contribution in [3.05, 3.63) is 52.9 Å². The summed E-state index contributed by atoms with van der Waals surface area (Å²) in [6, 6.07) is 8.25. The molecule has 0 spiro atoms. The first-order chi connectivity index (χ1) is 15.0. The molecule has 5 rings (SSSR count). The third-order valence-electron chi connectivity index (χ3n) is 6.90. The second kappa shape index (κ2) is 7.65. The Hall–Kier alpha value is -2.91. The van der Waals surface area contributed by atoms with Crippen molar-refractivity contribution in [1.82, 2.24) is 14.8 Å². The number of fused-ring (bicyclic) bond motifs is 1. The van der Waals surface area contributed by atoms with E-state index >= 15 is 0 Å². The number of nitrogens with one attached hydrogen (secondary N) is 1. The lowest BCUT2D eigenvalue weighted by atomic mass is 9.72. The molecule has 2 aromatic heterocycles. The zero-order valence-electron chi connectivity index (χ0n) is 17.5. The molecule has 0 bridgehead atoms. The quantitative estimate of drug-likeness (QED) is 0.612. The van der Waals surface area contributed by atoms with Crippen LogP contribution >= 0.6 is 11.6 Å². The van der Waals surface area contributed by atoms with Crippen LogP contribution in [-0.4, -0.2) is 20.7 Å². The molecule has 31 heavy (non-hydrogen) atoms. The van der Waals surface area contributed by atoms with Crippen molar-refractivity contribution < 1.29 is 4.79 Å². The van der Waals surface area contributed by atoms with E-state index < -0.39 is 0 Å². The molecule has 2 fully saturated rings. The van der Waals surface area contributed by atoms with Crippen LogP contribution in [0.3, 0.4) is 0 Å². The van der Waals surface area contributed by atoms with Crippen LogP contribution in [0.4, 0.5) is 5.82 Å². The molecule has 1 N–H and O–H groups in total. The van der Waals surface area contributed by atoms with E-state index in [1.54, 1.807) is 10.9 Å². The summed E-state index contributed by atoms with van der Waals surface area (Å²) in [4.78, 5) is 17.4. The Morgan fingerprint density at radius 1 is 1.29 bits per heavy atom. The Balaban J connectivity index is 1.35. The second-order valence-electron chi connectivity index (χ2n) is 8.85. The van der Waals surface area contributed by atoms with Crippen LogP contribution in [-0.2, 0) is 11.8 Å². The van der Waals surface area contributed by atoms with Crippen molar-refractivity contribution in [3.63, 3.8) is 0 Å². The number of nitriles is 1. The number of carbonyl (C=O) groups excluding carboxylic acids is 1. The first-order valence-corrected chi connectivity index (χ1v) is 11.1. The highest BCUT2D eigenvalue weighted by Gasteiger charge is 2.54. The first-order valence-electron chi connectivity index (χ1n) is 10.8. The van der Waals surface area contributed by atoms with Gasteiger partial charge >= 0.3 is 0 Å². The predicted molar refractivity (Wildman–Crippen MR) is 120 cm³/mol. The van der Waals surface area contributed by atoms with E-state index in [1.807, 2.05) is 31.6 Å². The van der Waals surface area contributed by atoms with E-state index in [0.29, 0.717) is 17.7 Å². The molecular weight excluding hydrogens is 410 g/mol. The highest BCUT2D eigenvalue weighted by Crippen LogP contribution is 2.56. The van der Waals surface area contributed by atoms with E-state index in [4.69, 9.17) is 16.9 Å². The largest absolute Gasteiger partial charge is 0.310 e. The Morgan fingerprint density at radius 3 is 2.77 bits per heavy atom. The van der Waals surface area contributed by atoms with Crippen LogP contribution in [0.25, 0.3) is 10.8 Å². The summed E-state index contributed by atoms with van der Waals surface area (Å²) in [6.07, 6.45) is 8.27. The summed E-state index contributed by atoms with van der Waals surface area (Å²) in [7, 11) is 1.89. The number of carbonyl (C=O) groups is 1. The van der Waals surface area contributed by atoms with Gasteiger partial charge in [0.1, 0.15) is 5.82 Å². The van der Waals surface area contributed by atoms with Gasteiger partial charge in [-0.25, -0.2) is 4.98 Å². The van der Waals surface area contributed by atoms with Gasteiger partial charge in [0.25, 0.3) is 0 Å². The summed E-state index contributed by atoms with van der Waals surface area (Å²) in [5.41, 5.74) is 2.20. The molecule has 0 saturated heterocycles. The number of halogens is 1. The summed E-state index contributed by atoms with van der Waals surface area (Å²) >= 11 is 6.50. The fourth-order valence-electron chi connectivity index (χ4n) is 5.06. The molecule has 2 heterocycles. The predicted octanol–water partition coefficient (Wildman–Crippen LogP) is 5.02. The second-order valence-corrected chi connectivity index (χ2v) is 9.25. The number of hydrogen-bond donors (Lipinski definition) is 1. The lowest BCUT2D eigenvalue weighted by Gasteiger charge is -2.31. The van der Waals surface area contributed by atoms with Gasteiger partial charge in [-0.1, -0.05) is 24.9 Å². The van der Waals surface area contributed by atoms with E-state index in [9.17, 15) is 4.79 Å². The Morgan fingerprint density at radius 2 is 2.10 bits per heavy atom. The van der Waals surface area contributed by atoms with Crippen molar-refractivity contribution in [2.45, 2.75) is 38.0 Å². The molecule has 0 radical (unpaired) electrons. The van der Waals surface area contributed by atoms with Crippen LogP contribution in [0, 0.1) is 29.1 Å². The Labute approximate surface area is 186 Å². The molecule has 0 unspecified atom stereocenters. The van der Waals surface area contributed by atoms with Crippen molar-refractivity contribution in [3.8, 4) is 6.07 Å². The minimum Gasteiger partial charge on any atom is -0.310 e. The fraction of sp³-hybridized carbons (Fsp3) is 0.417. The van der Waals surface area contributed by atoms with Gasteiger partial charge in [-0.05, 0) is 59.4 Å². The lowest BCUT2D eigenvalue weighted by molar-refractivity contribution is -0.117. The average Bonchev–Trinajstić information content (AvgIpc) is 3.31. The maximum absolute atomic E-state index is 13.0. The van der Waals surface area contributed by atoms with Crippen LogP contribution in [0.15, 0.2) is 36.8 Å². The number of anilines is 1. The number of rotatable bonds is 5. The molecule has 1 amide bonds. The molecule has 158 valence electrons. The van der Waals surface area contributed by atoms with Gasteiger partial charge in [-0.2, -0.15) is 10.4 Å². The minimum absolute atomic E-state index is 0.0117. The van der Waals surface area contributed by atoms with Crippen LogP contribution in [0.1, 0.15) is 49.1 Å². The molecule has 2 saturated carbocycles. The van der Waals surface area contributed by atoms with E-state index in [2.05, 4.69) is 34.5 Å². The van der Waals surface area contributed by atoms with Crippen molar-refractivity contribution in [2.24, 2.45) is 24.8 Å². The first kappa shape index (κ1) is 20.0. The van der Waals surface area contributed by atoms with E-state index in [1.165, 1.54) is 0 Å². The molecule has 3 atom stereocenters. The van der Waals surface area contributed by atoms with Crippen LogP contribution < -0.4 is 5.32 Å². The molecular formula is C24H24ClN5O. The molecule has 0 aliphatic heterocycles. The molecule has 1 aromatic carbocycles. The third kappa shape index (κ3) is 3.57. The summed E-state index contributed by atoms with van der Waals surface area (Å²) in [5, 5.41) is 19.0. The normalized spacial score (nSPS) is 26.8. The number of pyridine rings is 1. The zero-order valence-corrected chi connectivity index (χ0v) is 18.3. The van der Waals surface area contributed by atoms with Crippen molar-refractivity contribution >= 4 is 34.1 Å². The van der Waals surface area contributed by atoms with Crippen LogP contribution in [0.2, 0.25) is 5.02 Å².